The molecule has 3 heteroatoms. The van der Waals surface area contributed by atoms with Crippen LogP contribution < -0.4 is 0 Å². The molecule has 0 saturated carbocycles. The Morgan fingerprint density at radius 3 is 2.46 bits per heavy atom. The van der Waals surface area contributed by atoms with Crippen LogP contribution in [0, 0.1) is 0 Å². The van der Waals surface area contributed by atoms with Gasteiger partial charge in [0.1, 0.15) is 0 Å². The van der Waals surface area contributed by atoms with E-state index in [1.54, 1.807) is 0 Å². The van der Waals surface area contributed by atoms with Crippen molar-refractivity contribution in [3.05, 3.63) is 77.3 Å². The third kappa shape index (κ3) is 4.31. The molecule has 0 amide bonds. The summed E-state index contributed by atoms with van der Waals surface area (Å²) < 4.78 is 0. The van der Waals surface area contributed by atoms with Gasteiger partial charge in [0, 0.05) is 29.5 Å². The highest BCUT2D eigenvalue weighted by Gasteiger charge is 2.25. The number of ketones is 1. The van der Waals surface area contributed by atoms with Gasteiger partial charge in [-0.15, -0.1) is 0 Å². The summed E-state index contributed by atoms with van der Waals surface area (Å²) in [4.78, 5) is 15.9. The van der Waals surface area contributed by atoms with Crippen LogP contribution in [-0.4, -0.2) is 15.9 Å². The summed E-state index contributed by atoms with van der Waals surface area (Å²) in [6.45, 7) is 7.76. The number of hydrogen-bond donors (Lipinski definition) is 1. The highest BCUT2D eigenvalue weighted by molar-refractivity contribution is 5.87. The second-order valence-electron chi connectivity index (χ2n) is 6.79. The quantitative estimate of drug-likeness (QED) is 0.605. The Hall–Kier alpha value is -2.42. The number of hydrogen-bond acceptors (Lipinski definition) is 3. The maximum Gasteiger partial charge on any atom is 0.155 e. The molecule has 126 valence electrons. The van der Waals surface area contributed by atoms with Crippen LogP contribution in [-0.2, 0) is 10.2 Å². The van der Waals surface area contributed by atoms with Gasteiger partial charge in [0.2, 0.25) is 0 Å². The van der Waals surface area contributed by atoms with Crippen molar-refractivity contribution in [3.8, 4) is 0 Å². The molecular weight excluding hydrogens is 298 g/mol. The fraction of sp³-hybridized carbons (Fsp3) is 0.333. The number of allylic oxidation sites excluding steroid dienone is 2. The molecule has 0 bridgehead atoms. The molecule has 1 aromatic heterocycles. The summed E-state index contributed by atoms with van der Waals surface area (Å²) in [5.74, 6) is -0.0109. The molecule has 24 heavy (non-hydrogen) atoms. The van der Waals surface area contributed by atoms with Gasteiger partial charge in [-0.1, -0.05) is 57.2 Å². The van der Waals surface area contributed by atoms with Crippen molar-refractivity contribution in [1.82, 2.24) is 4.98 Å². The molecule has 2 aromatic rings. The summed E-state index contributed by atoms with van der Waals surface area (Å²) in [6, 6.07) is 16.3. The Balaban J connectivity index is 2.27. The van der Waals surface area contributed by atoms with Crippen LogP contribution in [0.2, 0.25) is 0 Å². The van der Waals surface area contributed by atoms with E-state index in [0.717, 1.165) is 11.4 Å². The SMILES string of the molecule is CC(=O)/C=C(\O)CC(C)c1cccc(C(C)(C)c2ccccc2)n1. The first-order valence-corrected chi connectivity index (χ1v) is 8.23. The van der Waals surface area contributed by atoms with Gasteiger partial charge in [-0.25, -0.2) is 0 Å². The minimum atomic E-state index is -0.200. The predicted octanol–water partition coefficient (Wildman–Crippen LogP) is 4.93. The molecule has 0 saturated heterocycles. The number of nitrogens with zero attached hydrogens (tertiary/aromatic N) is 1. The second kappa shape index (κ2) is 7.43. The first-order valence-electron chi connectivity index (χ1n) is 8.23. The van der Waals surface area contributed by atoms with E-state index >= 15 is 0 Å². The molecule has 1 heterocycles. The van der Waals surface area contributed by atoms with Gasteiger partial charge in [0.15, 0.2) is 5.78 Å². The summed E-state index contributed by atoms with van der Waals surface area (Å²) in [5, 5.41) is 9.87. The number of benzene rings is 1. The van der Waals surface area contributed by atoms with Crippen molar-refractivity contribution >= 4 is 5.78 Å². The van der Waals surface area contributed by atoms with Crippen LogP contribution in [0.5, 0.6) is 0 Å². The zero-order valence-corrected chi connectivity index (χ0v) is 14.8. The lowest BCUT2D eigenvalue weighted by Gasteiger charge is -2.26. The molecular formula is C21H25NO2. The predicted molar refractivity (Wildman–Crippen MR) is 97.2 cm³/mol. The van der Waals surface area contributed by atoms with Crippen LogP contribution in [0.25, 0.3) is 0 Å². The minimum absolute atomic E-state index is 0.0344. The summed E-state index contributed by atoms with van der Waals surface area (Å²) in [6.07, 6.45) is 1.68. The molecule has 1 unspecified atom stereocenters. The summed E-state index contributed by atoms with van der Waals surface area (Å²) >= 11 is 0. The molecule has 0 radical (unpaired) electrons. The van der Waals surface area contributed by atoms with Crippen molar-refractivity contribution in [2.45, 2.75) is 45.4 Å². The van der Waals surface area contributed by atoms with Crippen LogP contribution in [0.1, 0.15) is 57.0 Å². The van der Waals surface area contributed by atoms with Crippen LogP contribution in [0.4, 0.5) is 0 Å². The van der Waals surface area contributed by atoms with Crippen molar-refractivity contribution in [2.24, 2.45) is 0 Å². The van der Waals surface area contributed by atoms with E-state index in [-0.39, 0.29) is 22.9 Å². The molecule has 0 fully saturated rings. The van der Waals surface area contributed by atoms with E-state index in [1.807, 2.05) is 43.3 Å². The average Bonchev–Trinajstić information content (AvgIpc) is 2.55. The average molecular weight is 323 g/mol. The van der Waals surface area contributed by atoms with Crippen LogP contribution in [0.3, 0.4) is 0 Å². The zero-order valence-electron chi connectivity index (χ0n) is 14.8. The van der Waals surface area contributed by atoms with Gasteiger partial charge in [-0.2, -0.15) is 0 Å². The Labute approximate surface area is 144 Å². The highest BCUT2D eigenvalue weighted by atomic mass is 16.3. The molecule has 0 aliphatic rings. The van der Waals surface area contributed by atoms with E-state index in [1.165, 1.54) is 18.6 Å². The lowest BCUT2D eigenvalue weighted by Crippen LogP contribution is -2.21. The van der Waals surface area contributed by atoms with E-state index in [2.05, 4.69) is 26.0 Å². The van der Waals surface area contributed by atoms with Gasteiger partial charge in [0.05, 0.1) is 11.5 Å². The topological polar surface area (TPSA) is 50.2 Å². The number of pyridine rings is 1. The Morgan fingerprint density at radius 1 is 1.17 bits per heavy atom. The third-order valence-corrected chi connectivity index (χ3v) is 4.30. The summed E-state index contributed by atoms with van der Waals surface area (Å²) in [7, 11) is 0. The Kier molecular flexibility index (Phi) is 5.55. The van der Waals surface area contributed by atoms with Crippen molar-refractivity contribution in [3.63, 3.8) is 0 Å². The number of aliphatic hydroxyl groups excluding tert-OH is 1. The smallest absolute Gasteiger partial charge is 0.155 e. The van der Waals surface area contributed by atoms with Crippen LogP contribution in [0.15, 0.2) is 60.4 Å². The fourth-order valence-electron chi connectivity index (χ4n) is 2.79. The fourth-order valence-corrected chi connectivity index (χ4v) is 2.79. The maximum absolute atomic E-state index is 11.1. The Bertz CT molecular complexity index is 733. The zero-order chi connectivity index (χ0) is 17.7. The van der Waals surface area contributed by atoms with E-state index in [4.69, 9.17) is 4.98 Å². The van der Waals surface area contributed by atoms with Crippen molar-refractivity contribution < 1.29 is 9.90 Å². The van der Waals surface area contributed by atoms with E-state index in [0.29, 0.717) is 6.42 Å². The lowest BCUT2D eigenvalue weighted by molar-refractivity contribution is -0.112. The van der Waals surface area contributed by atoms with Gasteiger partial charge in [0.25, 0.3) is 0 Å². The Morgan fingerprint density at radius 2 is 1.83 bits per heavy atom. The van der Waals surface area contributed by atoms with Crippen molar-refractivity contribution in [2.75, 3.05) is 0 Å². The van der Waals surface area contributed by atoms with Gasteiger partial charge >= 0.3 is 0 Å². The monoisotopic (exact) mass is 323 g/mol. The maximum atomic E-state index is 11.1. The molecule has 3 nitrogen and oxygen atoms in total. The van der Waals surface area contributed by atoms with E-state index < -0.39 is 0 Å². The number of carbonyl (C=O) groups is 1. The number of aliphatic hydroxyl groups is 1. The number of aromatic nitrogens is 1. The lowest BCUT2D eigenvalue weighted by atomic mass is 9.81. The third-order valence-electron chi connectivity index (χ3n) is 4.30. The van der Waals surface area contributed by atoms with Gasteiger partial charge in [-0.05, 0) is 24.6 Å². The second-order valence-corrected chi connectivity index (χ2v) is 6.79. The highest BCUT2D eigenvalue weighted by Crippen LogP contribution is 2.31. The van der Waals surface area contributed by atoms with Crippen molar-refractivity contribution in [1.29, 1.82) is 0 Å². The van der Waals surface area contributed by atoms with Gasteiger partial charge in [-0.3, -0.25) is 9.78 Å². The first-order chi connectivity index (χ1) is 11.3. The normalized spacial score (nSPS) is 13.6. The molecule has 2 rings (SSSR count). The summed E-state index contributed by atoms with van der Waals surface area (Å²) in [5.41, 5.74) is 2.92. The standard InChI is InChI=1S/C21H25NO2/c1-15(13-18(24)14-16(2)23)19-11-8-12-20(22-19)21(3,4)17-9-6-5-7-10-17/h5-12,14-15,24H,13H2,1-4H3/b18-14-. The first kappa shape index (κ1) is 17.9. The molecule has 1 atom stereocenters. The minimum Gasteiger partial charge on any atom is -0.512 e. The molecule has 1 aromatic carbocycles. The van der Waals surface area contributed by atoms with Gasteiger partial charge < -0.3 is 5.11 Å². The van der Waals surface area contributed by atoms with E-state index in [9.17, 15) is 9.90 Å². The molecule has 0 aliphatic carbocycles. The molecule has 0 spiro atoms. The largest absolute Gasteiger partial charge is 0.512 e. The number of rotatable bonds is 6. The van der Waals surface area contributed by atoms with Crippen LogP contribution >= 0.6 is 0 Å². The molecule has 1 N–H and O–H groups in total. The number of carbonyl (C=O) groups excluding carboxylic acids is 1. The molecule has 0 aliphatic heterocycles.